The lowest BCUT2D eigenvalue weighted by atomic mass is 9.86. The van der Waals surface area contributed by atoms with Crippen LogP contribution in [0.1, 0.15) is 58.7 Å². The molecule has 0 radical (unpaired) electrons. The van der Waals surface area contributed by atoms with Crippen molar-refractivity contribution >= 4 is 0 Å². The molecule has 108 valence electrons. The summed E-state index contributed by atoms with van der Waals surface area (Å²) in [6, 6.07) is 9.24. The number of hydrogen-bond donors (Lipinski definition) is 1. The van der Waals surface area contributed by atoms with E-state index in [4.69, 9.17) is 4.74 Å². The molecule has 1 N–H and O–H groups in total. The van der Waals surface area contributed by atoms with Gasteiger partial charge in [-0.3, -0.25) is 0 Å². The molecule has 1 unspecified atom stereocenters. The standard InChI is InChI=1S/C17H29NO/c1-13(18-12-17(5,6)19-7)14-8-10-15(11-9-14)16(2,3)4/h8-11,13,18H,12H2,1-7H3. The van der Waals surface area contributed by atoms with Crippen molar-refractivity contribution in [2.45, 2.75) is 58.6 Å². The van der Waals surface area contributed by atoms with Gasteiger partial charge < -0.3 is 10.1 Å². The van der Waals surface area contributed by atoms with Gasteiger partial charge in [0.25, 0.3) is 0 Å². The van der Waals surface area contributed by atoms with Crippen molar-refractivity contribution in [3.63, 3.8) is 0 Å². The minimum Gasteiger partial charge on any atom is -0.377 e. The molecule has 0 saturated heterocycles. The van der Waals surface area contributed by atoms with Gasteiger partial charge in [0, 0.05) is 19.7 Å². The fourth-order valence-corrected chi connectivity index (χ4v) is 1.86. The van der Waals surface area contributed by atoms with Gasteiger partial charge in [-0.2, -0.15) is 0 Å². The maximum absolute atomic E-state index is 5.43. The fourth-order valence-electron chi connectivity index (χ4n) is 1.86. The molecule has 0 amide bonds. The van der Waals surface area contributed by atoms with Crippen molar-refractivity contribution < 1.29 is 4.74 Å². The maximum Gasteiger partial charge on any atom is 0.0746 e. The average molecular weight is 263 g/mol. The predicted octanol–water partition coefficient (Wildman–Crippen LogP) is 4.06. The predicted molar refractivity (Wildman–Crippen MR) is 82.6 cm³/mol. The molecule has 0 heterocycles. The Morgan fingerprint density at radius 3 is 2.00 bits per heavy atom. The van der Waals surface area contributed by atoms with E-state index in [0.717, 1.165) is 6.54 Å². The van der Waals surface area contributed by atoms with Crippen LogP contribution in [0.5, 0.6) is 0 Å². The quantitative estimate of drug-likeness (QED) is 0.865. The Kier molecular flexibility index (Phi) is 5.17. The van der Waals surface area contributed by atoms with Crippen LogP contribution in [-0.2, 0) is 10.2 Å². The van der Waals surface area contributed by atoms with Crippen molar-refractivity contribution in [2.75, 3.05) is 13.7 Å². The lowest BCUT2D eigenvalue weighted by Crippen LogP contribution is -2.37. The first-order valence-electron chi connectivity index (χ1n) is 7.05. The van der Waals surface area contributed by atoms with Gasteiger partial charge >= 0.3 is 0 Å². The SMILES string of the molecule is COC(C)(C)CNC(C)c1ccc(C(C)(C)C)cc1. The van der Waals surface area contributed by atoms with Gasteiger partial charge in [-0.15, -0.1) is 0 Å². The van der Waals surface area contributed by atoms with Crippen molar-refractivity contribution in [3.8, 4) is 0 Å². The summed E-state index contributed by atoms with van der Waals surface area (Å²) in [6.07, 6.45) is 0. The first-order valence-corrected chi connectivity index (χ1v) is 7.05. The molecule has 0 spiro atoms. The highest BCUT2D eigenvalue weighted by Gasteiger charge is 2.18. The van der Waals surface area contributed by atoms with Crippen LogP contribution in [0.2, 0.25) is 0 Å². The van der Waals surface area contributed by atoms with E-state index in [0.29, 0.717) is 6.04 Å². The van der Waals surface area contributed by atoms with Crippen LogP contribution in [-0.4, -0.2) is 19.3 Å². The molecule has 2 nitrogen and oxygen atoms in total. The maximum atomic E-state index is 5.43. The Bertz CT molecular complexity index is 387. The van der Waals surface area contributed by atoms with E-state index in [1.54, 1.807) is 7.11 Å². The normalized spacial score (nSPS) is 14.5. The Labute approximate surface area is 118 Å². The highest BCUT2D eigenvalue weighted by Crippen LogP contribution is 2.24. The summed E-state index contributed by atoms with van der Waals surface area (Å²) in [5, 5.41) is 3.52. The summed E-state index contributed by atoms with van der Waals surface area (Å²) in [7, 11) is 1.75. The lowest BCUT2D eigenvalue weighted by Gasteiger charge is -2.26. The number of rotatable bonds is 5. The molecule has 0 aliphatic carbocycles. The van der Waals surface area contributed by atoms with Crippen LogP contribution < -0.4 is 5.32 Å². The molecular formula is C17H29NO. The topological polar surface area (TPSA) is 21.3 Å². The summed E-state index contributed by atoms with van der Waals surface area (Å²) < 4.78 is 5.43. The molecule has 1 aromatic carbocycles. The number of nitrogens with one attached hydrogen (secondary N) is 1. The van der Waals surface area contributed by atoms with E-state index in [1.807, 2.05) is 0 Å². The van der Waals surface area contributed by atoms with Crippen molar-refractivity contribution in [1.82, 2.24) is 5.32 Å². The molecule has 0 saturated carbocycles. The Hall–Kier alpha value is -0.860. The van der Waals surface area contributed by atoms with Crippen LogP contribution >= 0.6 is 0 Å². The van der Waals surface area contributed by atoms with Gasteiger partial charge in [-0.1, -0.05) is 45.0 Å². The lowest BCUT2D eigenvalue weighted by molar-refractivity contribution is 0.0214. The first kappa shape index (κ1) is 16.2. The van der Waals surface area contributed by atoms with Gasteiger partial charge in [0.1, 0.15) is 0 Å². The molecule has 0 aliphatic rings. The van der Waals surface area contributed by atoms with Crippen LogP contribution in [0.25, 0.3) is 0 Å². The van der Waals surface area contributed by atoms with Gasteiger partial charge in [-0.25, -0.2) is 0 Å². The summed E-state index contributed by atoms with van der Waals surface area (Å²) in [5.41, 5.74) is 2.79. The summed E-state index contributed by atoms with van der Waals surface area (Å²) in [6.45, 7) is 13.9. The number of benzene rings is 1. The Morgan fingerprint density at radius 1 is 1.05 bits per heavy atom. The molecule has 19 heavy (non-hydrogen) atoms. The van der Waals surface area contributed by atoms with E-state index in [9.17, 15) is 0 Å². The second kappa shape index (κ2) is 6.06. The van der Waals surface area contributed by atoms with Crippen LogP contribution in [0.3, 0.4) is 0 Å². The number of methoxy groups -OCH3 is 1. The minimum atomic E-state index is -0.125. The second-order valence-corrected chi connectivity index (χ2v) is 6.94. The van der Waals surface area contributed by atoms with Crippen molar-refractivity contribution in [2.24, 2.45) is 0 Å². The zero-order valence-electron chi connectivity index (χ0n) is 13.5. The molecule has 0 aromatic heterocycles. The third kappa shape index (κ3) is 4.96. The van der Waals surface area contributed by atoms with Gasteiger partial charge in [-0.05, 0) is 37.3 Å². The van der Waals surface area contributed by atoms with Crippen LogP contribution in [0.4, 0.5) is 0 Å². The summed E-state index contributed by atoms with van der Waals surface area (Å²) in [4.78, 5) is 0. The van der Waals surface area contributed by atoms with Gasteiger partial charge in [0.15, 0.2) is 0 Å². The monoisotopic (exact) mass is 263 g/mol. The molecule has 2 heteroatoms. The molecule has 0 aliphatic heterocycles. The third-order valence-corrected chi connectivity index (χ3v) is 3.66. The highest BCUT2D eigenvalue weighted by molar-refractivity contribution is 5.29. The Morgan fingerprint density at radius 2 is 1.58 bits per heavy atom. The summed E-state index contributed by atoms with van der Waals surface area (Å²) >= 11 is 0. The molecule has 0 fully saturated rings. The van der Waals surface area contributed by atoms with Crippen molar-refractivity contribution in [1.29, 1.82) is 0 Å². The van der Waals surface area contributed by atoms with E-state index < -0.39 is 0 Å². The van der Waals surface area contributed by atoms with E-state index >= 15 is 0 Å². The fraction of sp³-hybridized carbons (Fsp3) is 0.647. The molecule has 1 rings (SSSR count). The Balaban J connectivity index is 2.66. The van der Waals surface area contributed by atoms with Crippen LogP contribution in [0, 0.1) is 0 Å². The number of hydrogen-bond acceptors (Lipinski definition) is 2. The van der Waals surface area contributed by atoms with Gasteiger partial charge in [0.05, 0.1) is 5.60 Å². The van der Waals surface area contributed by atoms with Gasteiger partial charge in [0.2, 0.25) is 0 Å². The second-order valence-electron chi connectivity index (χ2n) is 6.94. The van der Waals surface area contributed by atoms with E-state index in [1.165, 1.54) is 11.1 Å². The zero-order valence-corrected chi connectivity index (χ0v) is 13.5. The molecule has 1 atom stereocenters. The highest BCUT2D eigenvalue weighted by atomic mass is 16.5. The first-order chi connectivity index (χ1) is 8.65. The molecule has 0 bridgehead atoms. The molecule has 1 aromatic rings. The largest absolute Gasteiger partial charge is 0.377 e. The minimum absolute atomic E-state index is 0.125. The summed E-state index contributed by atoms with van der Waals surface area (Å²) in [5.74, 6) is 0. The average Bonchev–Trinajstić information content (AvgIpc) is 2.35. The van der Waals surface area contributed by atoms with E-state index in [-0.39, 0.29) is 11.0 Å². The van der Waals surface area contributed by atoms with Crippen molar-refractivity contribution in [3.05, 3.63) is 35.4 Å². The number of ether oxygens (including phenoxy) is 1. The van der Waals surface area contributed by atoms with E-state index in [2.05, 4.69) is 71.1 Å². The van der Waals surface area contributed by atoms with Crippen LogP contribution in [0.15, 0.2) is 24.3 Å². The molecular weight excluding hydrogens is 234 g/mol. The third-order valence-electron chi connectivity index (χ3n) is 3.66. The zero-order chi connectivity index (χ0) is 14.7. The smallest absolute Gasteiger partial charge is 0.0746 e.